The average molecular weight is 299 g/mol. The molecule has 2 atom stereocenters. The number of rotatable bonds is 2. The van der Waals surface area contributed by atoms with Crippen LogP contribution in [0.2, 0.25) is 5.02 Å². The van der Waals surface area contributed by atoms with Crippen LogP contribution in [-0.4, -0.2) is 41.0 Å². The molecule has 1 heterocycles. The zero-order chi connectivity index (χ0) is 14.9. The maximum atomic E-state index is 12.5. The summed E-state index contributed by atoms with van der Waals surface area (Å²) in [5, 5.41) is 11.3. The molecule has 1 aliphatic heterocycles. The van der Waals surface area contributed by atoms with E-state index < -0.39 is 4.92 Å². The number of nitro benzene ring substituents is 1. The fraction of sp³-hybridized carbons (Fsp3) is 0.462. The van der Waals surface area contributed by atoms with E-state index in [9.17, 15) is 14.9 Å². The van der Waals surface area contributed by atoms with Crippen LogP contribution < -0.4 is 0 Å². The summed E-state index contributed by atoms with van der Waals surface area (Å²) in [6.07, 6.45) is -0.178. The van der Waals surface area contributed by atoms with Crippen molar-refractivity contribution in [3.05, 3.63) is 38.9 Å². The number of nitro groups is 1. The second-order valence-electron chi connectivity index (χ2n) is 4.89. The van der Waals surface area contributed by atoms with E-state index in [0.717, 1.165) is 0 Å². The first-order valence-corrected chi connectivity index (χ1v) is 6.65. The number of benzene rings is 1. The molecule has 7 heteroatoms. The lowest BCUT2D eigenvalue weighted by Gasteiger charge is -2.35. The van der Waals surface area contributed by atoms with Crippen LogP contribution >= 0.6 is 11.6 Å². The standard InChI is InChI=1S/C13H15ClN2O4/c1-8-6-15(7-9(2)20-8)13(17)11-4-3-10(14)5-12(11)16(18)19/h3-5,8-9H,6-7H2,1-2H3. The third-order valence-electron chi connectivity index (χ3n) is 3.09. The van der Waals surface area contributed by atoms with Gasteiger partial charge in [-0.2, -0.15) is 0 Å². The van der Waals surface area contributed by atoms with Crippen molar-refractivity contribution < 1.29 is 14.5 Å². The molecule has 1 amide bonds. The van der Waals surface area contributed by atoms with Crippen LogP contribution in [0.25, 0.3) is 0 Å². The van der Waals surface area contributed by atoms with E-state index in [-0.39, 0.29) is 34.4 Å². The molecule has 2 rings (SSSR count). The second-order valence-corrected chi connectivity index (χ2v) is 5.32. The Labute approximate surface area is 121 Å². The van der Waals surface area contributed by atoms with Gasteiger partial charge in [0.05, 0.1) is 17.1 Å². The van der Waals surface area contributed by atoms with Crippen molar-refractivity contribution in [2.75, 3.05) is 13.1 Å². The normalized spacial score (nSPS) is 22.6. The van der Waals surface area contributed by atoms with Crippen molar-refractivity contribution in [3.63, 3.8) is 0 Å². The second kappa shape index (κ2) is 5.76. The Balaban J connectivity index is 2.31. The smallest absolute Gasteiger partial charge is 0.283 e. The lowest BCUT2D eigenvalue weighted by molar-refractivity contribution is -0.385. The molecule has 0 aliphatic carbocycles. The fourth-order valence-electron chi connectivity index (χ4n) is 2.35. The third-order valence-corrected chi connectivity index (χ3v) is 3.33. The molecule has 0 N–H and O–H groups in total. The Morgan fingerprint density at radius 2 is 2.00 bits per heavy atom. The number of carbonyl (C=O) groups is 1. The van der Waals surface area contributed by atoms with Crippen molar-refractivity contribution >= 4 is 23.2 Å². The summed E-state index contributed by atoms with van der Waals surface area (Å²) in [4.78, 5) is 24.5. The average Bonchev–Trinajstić information content (AvgIpc) is 2.36. The molecule has 0 radical (unpaired) electrons. The summed E-state index contributed by atoms with van der Waals surface area (Å²) in [7, 11) is 0. The van der Waals surface area contributed by atoms with Crippen LogP contribution in [0.1, 0.15) is 24.2 Å². The minimum Gasteiger partial charge on any atom is -0.372 e. The van der Waals surface area contributed by atoms with Gasteiger partial charge in [0.2, 0.25) is 0 Å². The van der Waals surface area contributed by atoms with Gasteiger partial charge in [-0.3, -0.25) is 14.9 Å². The predicted octanol–water partition coefficient (Wildman–Crippen LogP) is 2.50. The molecule has 6 nitrogen and oxygen atoms in total. The van der Waals surface area contributed by atoms with E-state index in [2.05, 4.69) is 0 Å². The molecular formula is C13H15ClN2O4. The largest absolute Gasteiger partial charge is 0.372 e. The fourth-order valence-corrected chi connectivity index (χ4v) is 2.52. The number of nitrogens with zero attached hydrogens (tertiary/aromatic N) is 2. The highest BCUT2D eigenvalue weighted by molar-refractivity contribution is 6.31. The summed E-state index contributed by atoms with van der Waals surface area (Å²) < 4.78 is 5.55. The van der Waals surface area contributed by atoms with Crippen LogP contribution in [0.3, 0.4) is 0 Å². The van der Waals surface area contributed by atoms with Gasteiger partial charge < -0.3 is 9.64 Å². The van der Waals surface area contributed by atoms with Gasteiger partial charge in [-0.15, -0.1) is 0 Å². The van der Waals surface area contributed by atoms with Gasteiger partial charge in [-0.05, 0) is 26.0 Å². The SMILES string of the molecule is CC1CN(C(=O)c2ccc(Cl)cc2[N+](=O)[O-])CC(C)O1. The molecule has 108 valence electrons. The zero-order valence-electron chi connectivity index (χ0n) is 11.2. The highest BCUT2D eigenvalue weighted by Gasteiger charge is 2.30. The quantitative estimate of drug-likeness (QED) is 0.621. The third kappa shape index (κ3) is 3.08. The summed E-state index contributed by atoms with van der Waals surface area (Å²) >= 11 is 5.75. The molecule has 20 heavy (non-hydrogen) atoms. The zero-order valence-corrected chi connectivity index (χ0v) is 12.0. The molecule has 2 unspecified atom stereocenters. The summed E-state index contributed by atoms with van der Waals surface area (Å²) in [5.41, 5.74) is -0.213. The molecule has 1 saturated heterocycles. The van der Waals surface area contributed by atoms with Gasteiger partial charge in [-0.25, -0.2) is 0 Å². The van der Waals surface area contributed by atoms with Gasteiger partial charge in [0.15, 0.2) is 0 Å². The number of ether oxygens (including phenoxy) is 1. The maximum Gasteiger partial charge on any atom is 0.283 e. The molecule has 0 saturated carbocycles. The molecular weight excluding hydrogens is 284 g/mol. The number of hydrogen-bond donors (Lipinski definition) is 0. The predicted molar refractivity (Wildman–Crippen MR) is 74.0 cm³/mol. The Morgan fingerprint density at radius 3 is 2.55 bits per heavy atom. The minimum atomic E-state index is -0.591. The van der Waals surface area contributed by atoms with Crippen molar-refractivity contribution in [3.8, 4) is 0 Å². The molecule has 0 spiro atoms. The molecule has 1 aliphatic rings. The van der Waals surface area contributed by atoms with Gasteiger partial charge in [0.1, 0.15) is 5.56 Å². The summed E-state index contributed by atoms with van der Waals surface area (Å²) in [6.45, 7) is 4.57. The lowest BCUT2D eigenvalue weighted by atomic mass is 10.1. The van der Waals surface area contributed by atoms with Gasteiger partial charge in [0.25, 0.3) is 11.6 Å². The van der Waals surface area contributed by atoms with Gasteiger partial charge in [-0.1, -0.05) is 11.6 Å². The molecule has 0 bridgehead atoms. The maximum absolute atomic E-state index is 12.5. The van der Waals surface area contributed by atoms with E-state index in [1.54, 1.807) is 4.90 Å². The molecule has 1 aromatic carbocycles. The molecule has 1 fully saturated rings. The Bertz CT molecular complexity index is 539. The van der Waals surface area contributed by atoms with E-state index in [1.807, 2.05) is 13.8 Å². The monoisotopic (exact) mass is 298 g/mol. The first kappa shape index (κ1) is 14.7. The number of halogens is 1. The van der Waals surface area contributed by atoms with Gasteiger partial charge >= 0.3 is 0 Å². The summed E-state index contributed by atoms with van der Waals surface area (Å²) in [6, 6.07) is 4.07. The van der Waals surface area contributed by atoms with Crippen molar-refractivity contribution in [2.45, 2.75) is 26.1 Å². The van der Waals surface area contributed by atoms with E-state index in [1.165, 1.54) is 18.2 Å². The molecule has 1 aromatic rings. The number of morpholine rings is 1. The number of carbonyl (C=O) groups excluding carboxylic acids is 1. The Morgan fingerprint density at radius 1 is 1.40 bits per heavy atom. The van der Waals surface area contributed by atoms with Crippen molar-refractivity contribution in [1.29, 1.82) is 0 Å². The number of hydrogen-bond acceptors (Lipinski definition) is 4. The summed E-state index contributed by atoms with van der Waals surface area (Å²) in [5.74, 6) is -0.365. The van der Waals surface area contributed by atoms with Crippen LogP contribution in [0.15, 0.2) is 18.2 Å². The topological polar surface area (TPSA) is 72.7 Å². The minimum absolute atomic E-state index is 0.0562. The van der Waals surface area contributed by atoms with Crippen LogP contribution in [-0.2, 0) is 4.74 Å². The first-order valence-electron chi connectivity index (χ1n) is 6.27. The highest BCUT2D eigenvalue weighted by Crippen LogP contribution is 2.25. The van der Waals surface area contributed by atoms with E-state index in [0.29, 0.717) is 13.1 Å². The Hall–Kier alpha value is -1.66. The van der Waals surface area contributed by atoms with Crippen LogP contribution in [0, 0.1) is 10.1 Å². The van der Waals surface area contributed by atoms with E-state index in [4.69, 9.17) is 16.3 Å². The van der Waals surface area contributed by atoms with E-state index >= 15 is 0 Å². The van der Waals surface area contributed by atoms with Crippen molar-refractivity contribution in [2.24, 2.45) is 0 Å². The van der Waals surface area contributed by atoms with Crippen LogP contribution in [0.5, 0.6) is 0 Å². The molecule has 0 aromatic heterocycles. The number of amides is 1. The highest BCUT2D eigenvalue weighted by atomic mass is 35.5. The van der Waals surface area contributed by atoms with Crippen molar-refractivity contribution in [1.82, 2.24) is 4.90 Å². The Kier molecular flexibility index (Phi) is 4.25. The van der Waals surface area contributed by atoms with Gasteiger partial charge in [0, 0.05) is 24.2 Å². The van der Waals surface area contributed by atoms with Crippen LogP contribution in [0.4, 0.5) is 5.69 Å². The lowest BCUT2D eigenvalue weighted by Crippen LogP contribution is -2.48. The first-order chi connectivity index (χ1) is 9.38.